The third-order valence-electron chi connectivity index (χ3n) is 2.88. The van der Waals surface area contributed by atoms with Crippen LogP contribution in [-0.4, -0.2) is 41.8 Å². The molecule has 3 N–H and O–H groups in total. The SMILES string of the molecule is CN1CCNCC1c1cc(O)ccc1O. The van der Waals surface area contributed by atoms with Crippen LogP contribution in [0.25, 0.3) is 0 Å². The van der Waals surface area contributed by atoms with Gasteiger partial charge in [0.05, 0.1) is 6.04 Å². The van der Waals surface area contributed by atoms with E-state index in [1.807, 2.05) is 7.05 Å². The fourth-order valence-electron chi connectivity index (χ4n) is 1.96. The number of hydrogen-bond acceptors (Lipinski definition) is 4. The average Bonchev–Trinajstić information content (AvgIpc) is 2.23. The van der Waals surface area contributed by atoms with Crippen molar-refractivity contribution >= 4 is 0 Å². The van der Waals surface area contributed by atoms with E-state index in [2.05, 4.69) is 10.2 Å². The molecule has 15 heavy (non-hydrogen) atoms. The highest BCUT2D eigenvalue weighted by molar-refractivity contribution is 5.41. The zero-order valence-corrected chi connectivity index (χ0v) is 8.77. The number of nitrogens with one attached hydrogen (secondary N) is 1. The van der Waals surface area contributed by atoms with Gasteiger partial charge in [0.25, 0.3) is 0 Å². The summed E-state index contributed by atoms with van der Waals surface area (Å²) in [6.07, 6.45) is 0. The Bertz CT molecular complexity index is 354. The standard InChI is InChI=1S/C11H16N2O2/c1-13-5-4-12-7-10(13)9-6-8(14)2-3-11(9)15/h2-3,6,10,12,14-15H,4-5,7H2,1H3. The molecule has 4 heteroatoms. The third-order valence-corrected chi connectivity index (χ3v) is 2.88. The minimum atomic E-state index is 0.130. The van der Waals surface area contributed by atoms with E-state index in [0.29, 0.717) is 0 Å². The number of phenols is 2. The quantitative estimate of drug-likeness (QED) is 0.594. The zero-order valence-electron chi connectivity index (χ0n) is 8.77. The van der Waals surface area contributed by atoms with Gasteiger partial charge in [-0.05, 0) is 25.2 Å². The van der Waals surface area contributed by atoms with E-state index in [4.69, 9.17) is 0 Å². The number of hydrogen-bond donors (Lipinski definition) is 3. The predicted octanol–water partition coefficient (Wildman–Crippen LogP) is 0.674. The molecule has 1 atom stereocenters. The van der Waals surface area contributed by atoms with Crippen LogP contribution in [0.15, 0.2) is 18.2 Å². The van der Waals surface area contributed by atoms with E-state index in [0.717, 1.165) is 25.2 Å². The van der Waals surface area contributed by atoms with Crippen LogP contribution in [0.4, 0.5) is 0 Å². The smallest absolute Gasteiger partial charge is 0.120 e. The largest absolute Gasteiger partial charge is 0.508 e. The number of rotatable bonds is 1. The summed E-state index contributed by atoms with van der Waals surface area (Å²) in [6, 6.07) is 4.79. The lowest BCUT2D eigenvalue weighted by Gasteiger charge is -2.33. The van der Waals surface area contributed by atoms with Crippen LogP contribution in [0.2, 0.25) is 0 Å². The van der Waals surface area contributed by atoms with E-state index in [1.165, 1.54) is 12.1 Å². The van der Waals surface area contributed by atoms with Crippen molar-refractivity contribution in [1.82, 2.24) is 10.2 Å². The molecule has 1 aromatic carbocycles. The second-order valence-corrected chi connectivity index (χ2v) is 3.94. The summed E-state index contributed by atoms with van der Waals surface area (Å²) in [4.78, 5) is 2.17. The Morgan fingerprint density at radius 2 is 2.20 bits per heavy atom. The number of phenolic OH excluding ortho intramolecular Hbond substituents is 2. The van der Waals surface area contributed by atoms with Crippen molar-refractivity contribution in [2.45, 2.75) is 6.04 Å². The molecule has 1 aromatic rings. The highest BCUT2D eigenvalue weighted by Crippen LogP contribution is 2.31. The van der Waals surface area contributed by atoms with Crippen LogP contribution < -0.4 is 5.32 Å². The summed E-state index contributed by atoms with van der Waals surface area (Å²) in [5.41, 5.74) is 0.782. The second kappa shape index (κ2) is 4.08. The van der Waals surface area contributed by atoms with Gasteiger partial charge in [0.15, 0.2) is 0 Å². The highest BCUT2D eigenvalue weighted by atomic mass is 16.3. The van der Waals surface area contributed by atoms with Gasteiger partial charge in [0.1, 0.15) is 11.5 Å². The molecule has 1 saturated heterocycles. The lowest BCUT2D eigenvalue weighted by Crippen LogP contribution is -2.43. The summed E-state index contributed by atoms with van der Waals surface area (Å²) < 4.78 is 0. The van der Waals surface area contributed by atoms with Gasteiger partial charge in [0.2, 0.25) is 0 Å². The molecule has 0 spiro atoms. The summed E-state index contributed by atoms with van der Waals surface area (Å²) in [5.74, 6) is 0.440. The molecule has 0 radical (unpaired) electrons. The van der Waals surface area contributed by atoms with Gasteiger partial charge in [-0.2, -0.15) is 0 Å². The molecule has 0 bridgehead atoms. The molecular weight excluding hydrogens is 192 g/mol. The van der Waals surface area contributed by atoms with Crippen LogP contribution >= 0.6 is 0 Å². The molecule has 0 saturated carbocycles. The van der Waals surface area contributed by atoms with Crippen LogP contribution in [-0.2, 0) is 0 Å². The Morgan fingerprint density at radius 1 is 1.40 bits per heavy atom. The Morgan fingerprint density at radius 3 is 2.93 bits per heavy atom. The minimum absolute atomic E-state index is 0.130. The van der Waals surface area contributed by atoms with Crippen LogP contribution in [0.1, 0.15) is 11.6 Å². The molecule has 1 unspecified atom stereocenters. The Balaban J connectivity index is 2.30. The van der Waals surface area contributed by atoms with Gasteiger partial charge < -0.3 is 15.5 Å². The predicted molar refractivity (Wildman–Crippen MR) is 58.0 cm³/mol. The fourth-order valence-corrected chi connectivity index (χ4v) is 1.96. The Kier molecular flexibility index (Phi) is 2.79. The van der Waals surface area contributed by atoms with Crippen LogP contribution in [0.3, 0.4) is 0 Å². The van der Waals surface area contributed by atoms with Gasteiger partial charge >= 0.3 is 0 Å². The van der Waals surface area contributed by atoms with Crippen molar-refractivity contribution in [3.8, 4) is 11.5 Å². The van der Waals surface area contributed by atoms with Gasteiger partial charge in [-0.1, -0.05) is 0 Å². The molecule has 2 rings (SSSR count). The van der Waals surface area contributed by atoms with Gasteiger partial charge in [-0.3, -0.25) is 4.90 Å². The van der Waals surface area contributed by atoms with Crippen molar-refractivity contribution < 1.29 is 10.2 Å². The molecule has 0 aromatic heterocycles. The van der Waals surface area contributed by atoms with E-state index < -0.39 is 0 Å². The number of likely N-dealkylation sites (N-methyl/N-ethyl adjacent to an activating group) is 1. The molecular formula is C11H16N2O2. The van der Waals surface area contributed by atoms with Crippen molar-refractivity contribution in [3.63, 3.8) is 0 Å². The Labute approximate surface area is 89.1 Å². The normalized spacial score (nSPS) is 22.9. The van der Waals surface area contributed by atoms with Crippen LogP contribution in [0, 0.1) is 0 Å². The fraction of sp³-hybridized carbons (Fsp3) is 0.455. The monoisotopic (exact) mass is 208 g/mol. The maximum Gasteiger partial charge on any atom is 0.120 e. The van der Waals surface area contributed by atoms with Crippen LogP contribution in [0.5, 0.6) is 11.5 Å². The molecule has 1 fully saturated rings. The number of nitrogens with zero attached hydrogens (tertiary/aromatic N) is 1. The first-order valence-electron chi connectivity index (χ1n) is 5.11. The first-order valence-corrected chi connectivity index (χ1v) is 5.11. The Hall–Kier alpha value is -1.26. The summed E-state index contributed by atoms with van der Waals surface area (Å²) >= 11 is 0. The first kappa shape index (κ1) is 10.3. The van der Waals surface area contributed by atoms with Gasteiger partial charge in [-0.15, -0.1) is 0 Å². The minimum Gasteiger partial charge on any atom is -0.508 e. The lowest BCUT2D eigenvalue weighted by atomic mass is 10.0. The van der Waals surface area contributed by atoms with Gasteiger partial charge in [0, 0.05) is 25.2 Å². The molecule has 0 amide bonds. The van der Waals surface area contributed by atoms with E-state index in [-0.39, 0.29) is 17.5 Å². The summed E-state index contributed by atoms with van der Waals surface area (Å²) in [7, 11) is 2.02. The topological polar surface area (TPSA) is 55.7 Å². The van der Waals surface area contributed by atoms with E-state index >= 15 is 0 Å². The van der Waals surface area contributed by atoms with Gasteiger partial charge in [-0.25, -0.2) is 0 Å². The highest BCUT2D eigenvalue weighted by Gasteiger charge is 2.23. The second-order valence-electron chi connectivity index (χ2n) is 3.94. The van der Waals surface area contributed by atoms with Crippen molar-refractivity contribution in [2.24, 2.45) is 0 Å². The lowest BCUT2D eigenvalue weighted by molar-refractivity contribution is 0.198. The summed E-state index contributed by atoms with van der Waals surface area (Å²) in [6.45, 7) is 2.71. The van der Waals surface area contributed by atoms with Crippen molar-refractivity contribution in [2.75, 3.05) is 26.7 Å². The molecule has 1 aliphatic rings. The maximum absolute atomic E-state index is 9.74. The maximum atomic E-state index is 9.74. The third kappa shape index (κ3) is 2.06. The molecule has 4 nitrogen and oxygen atoms in total. The molecule has 82 valence electrons. The zero-order chi connectivity index (χ0) is 10.8. The number of aromatic hydroxyl groups is 2. The van der Waals surface area contributed by atoms with Crippen molar-refractivity contribution in [3.05, 3.63) is 23.8 Å². The molecule has 1 aliphatic heterocycles. The first-order chi connectivity index (χ1) is 7.18. The summed E-state index contributed by atoms with van der Waals surface area (Å²) in [5, 5.41) is 22.4. The van der Waals surface area contributed by atoms with Crippen molar-refractivity contribution in [1.29, 1.82) is 0 Å². The molecule has 0 aliphatic carbocycles. The average molecular weight is 208 g/mol. The van der Waals surface area contributed by atoms with E-state index in [9.17, 15) is 10.2 Å². The van der Waals surface area contributed by atoms with E-state index in [1.54, 1.807) is 6.07 Å². The number of piperazine rings is 1. The molecule has 1 heterocycles. The number of benzene rings is 1.